The molecule has 0 saturated heterocycles. The average molecular weight is 330 g/mol. The number of benzene rings is 4. The first-order valence-corrected chi connectivity index (χ1v) is 8.14. The summed E-state index contributed by atoms with van der Waals surface area (Å²) in [6.45, 7) is 0.0842. The van der Waals surface area contributed by atoms with Crippen molar-refractivity contribution in [3.63, 3.8) is 0 Å². The van der Waals surface area contributed by atoms with Gasteiger partial charge in [0.2, 0.25) is 0 Å². The number of hydrogen-bond acceptors (Lipinski definition) is 3. The van der Waals surface area contributed by atoms with E-state index in [4.69, 9.17) is 9.47 Å². The number of ether oxygens (including phenoxy) is 2. The highest BCUT2D eigenvalue weighted by Crippen LogP contribution is 2.45. The maximum absolute atomic E-state index is 10.9. The van der Waals surface area contributed by atoms with Crippen LogP contribution in [-0.4, -0.2) is 19.0 Å². The topological polar surface area (TPSA) is 38.7 Å². The smallest absolute Gasteiger partial charge is 0.188 e. The lowest BCUT2D eigenvalue weighted by Crippen LogP contribution is -2.00. The number of fused-ring (bicyclic) bond motifs is 2. The highest BCUT2D eigenvalue weighted by atomic mass is 16.7. The molecule has 3 heteroatoms. The summed E-state index contributed by atoms with van der Waals surface area (Å²) in [5.41, 5.74) is 1.76. The zero-order valence-corrected chi connectivity index (χ0v) is 13.9. The van der Waals surface area contributed by atoms with E-state index < -0.39 is 0 Å². The summed E-state index contributed by atoms with van der Waals surface area (Å²) in [5, 5.41) is 15.2. The zero-order chi connectivity index (χ0) is 17.2. The van der Waals surface area contributed by atoms with Gasteiger partial charge in [-0.05, 0) is 33.2 Å². The molecule has 0 unspecified atom stereocenters. The highest BCUT2D eigenvalue weighted by Gasteiger charge is 2.17. The molecule has 0 spiro atoms. The molecule has 0 amide bonds. The molecule has 0 heterocycles. The lowest BCUT2D eigenvalue weighted by atomic mass is 9.93. The Kier molecular flexibility index (Phi) is 4.00. The molecule has 0 bridgehead atoms. The van der Waals surface area contributed by atoms with Gasteiger partial charge in [0, 0.05) is 12.7 Å². The fraction of sp³-hybridized carbons (Fsp3) is 0.0909. The van der Waals surface area contributed by atoms with Crippen molar-refractivity contribution in [3.05, 3.63) is 72.8 Å². The van der Waals surface area contributed by atoms with Crippen LogP contribution in [0.25, 0.3) is 32.7 Å². The third-order valence-corrected chi connectivity index (χ3v) is 4.38. The van der Waals surface area contributed by atoms with E-state index in [9.17, 15) is 5.11 Å². The molecule has 1 N–H and O–H groups in total. The summed E-state index contributed by atoms with van der Waals surface area (Å²) in [6, 6.07) is 24.1. The first-order valence-electron chi connectivity index (χ1n) is 8.14. The van der Waals surface area contributed by atoms with Gasteiger partial charge >= 0.3 is 0 Å². The minimum atomic E-state index is 0.0842. The third-order valence-electron chi connectivity index (χ3n) is 4.38. The number of methoxy groups -OCH3 is 1. The van der Waals surface area contributed by atoms with Crippen LogP contribution in [0.3, 0.4) is 0 Å². The molecular weight excluding hydrogens is 312 g/mol. The molecule has 0 aliphatic heterocycles. The number of phenolic OH excluding ortho intramolecular Hbond substituents is 1. The zero-order valence-electron chi connectivity index (χ0n) is 13.9. The molecule has 4 aromatic rings. The lowest BCUT2D eigenvalue weighted by molar-refractivity contribution is 0.0494. The Hall–Kier alpha value is -3.04. The molecule has 0 saturated carbocycles. The van der Waals surface area contributed by atoms with E-state index >= 15 is 0 Å². The van der Waals surface area contributed by atoms with Crippen LogP contribution in [0.1, 0.15) is 0 Å². The molecule has 0 aromatic heterocycles. The number of phenols is 1. The molecule has 0 atom stereocenters. The monoisotopic (exact) mass is 330 g/mol. The van der Waals surface area contributed by atoms with Crippen LogP contribution in [0.5, 0.6) is 11.5 Å². The van der Waals surface area contributed by atoms with Gasteiger partial charge in [0.25, 0.3) is 0 Å². The van der Waals surface area contributed by atoms with Crippen molar-refractivity contribution >= 4 is 21.5 Å². The van der Waals surface area contributed by atoms with E-state index in [1.54, 1.807) is 7.11 Å². The van der Waals surface area contributed by atoms with Crippen LogP contribution < -0.4 is 4.74 Å². The second-order valence-electron chi connectivity index (χ2n) is 5.90. The number of rotatable bonds is 4. The molecular formula is C22H18O3. The Morgan fingerprint density at radius 1 is 0.800 bits per heavy atom. The van der Waals surface area contributed by atoms with Crippen LogP contribution >= 0.6 is 0 Å². The molecule has 0 radical (unpaired) electrons. The van der Waals surface area contributed by atoms with Gasteiger partial charge in [-0.3, -0.25) is 0 Å². The van der Waals surface area contributed by atoms with E-state index in [0.717, 1.165) is 32.7 Å². The highest BCUT2D eigenvalue weighted by molar-refractivity contribution is 6.08. The van der Waals surface area contributed by atoms with E-state index in [0.29, 0.717) is 5.75 Å². The maximum atomic E-state index is 10.9. The standard InChI is InChI=1S/C22H18O3/c1-24-14-25-20-13-16-8-3-5-11-18(16)21(22(20)23)19-12-6-9-15-7-2-4-10-17(15)19/h2-13,23H,14H2,1H3. The van der Waals surface area contributed by atoms with Gasteiger partial charge in [-0.15, -0.1) is 0 Å². The minimum Gasteiger partial charge on any atom is -0.504 e. The van der Waals surface area contributed by atoms with E-state index in [1.165, 1.54) is 0 Å². The normalized spacial score (nSPS) is 11.1. The largest absolute Gasteiger partial charge is 0.504 e. The van der Waals surface area contributed by atoms with Gasteiger partial charge in [-0.2, -0.15) is 0 Å². The molecule has 0 aliphatic carbocycles. The molecule has 0 aliphatic rings. The summed E-state index contributed by atoms with van der Waals surface area (Å²) < 4.78 is 10.6. The first kappa shape index (κ1) is 15.5. The predicted octanol–water partition coefficient (Wildman–Crippen LogP) is 5.35. The van der Waals surface area contributed by atoms with Crippen LogP contribution in [0.4, 0.5) is 0 Å². The molecule has 3 nitrogen and oxygen atoms in total. The number of aromatic hydroxyl groups is 1. The lowest BCUT2D eigenvalue weighted by Gasteiger charge is -2.16. The fourth-order valence-corrected chi connectivity index (χ4v) is 3.26. The Morgan fingerprint density at radius 3 is 2.28 bits per heavy atom. The van der Waals surface area contributed by atoms with Crippen molar-refractivity contribution in [2.75, 3.05) is 13.9 Å². The van der Waals surface area contributed by atoms with Gasteiger partial charge in [-0.25, -0.2) is 0 Å². The molecule has 25 heavy (non-hydrogen) atoms. The molecule has 0 fully saturated rings. The van der Waals surface area contributed by atoms with E-state index in [1.807, 2.05) is 54.6 Å². The second kappa shape index (κ2) is 6.46. The average Bonchev–Trinajstić information content (AvgIpc) is 2.66. The van der Waals surface area contributed by atoms with Crippen molar-refractivity contribution in [2.45, 2.75) is 0 Å². The summed E-state index contributed by atoms with van der Waals surface area (Å²) >= 11 is 0. The predicted molar refractivity (Wildman–Crippen MR) is 101 cm³/mol. The molecule has 4 rings (SSSR count). The molecule has 4 aromatic carbocycles. The van der Waals surface area contributed by atoms with Gasteiger partial charge < -0.3 is 14.6 Å². The van der Waals surface area contributed by atoms with Crippen molar-refractivity contribution in [1.82, 2.24) is 0 Å². The van der Waals surface area contributed by atoms with Crippen LogP contribution in [0.15, 0.2) is 72.8 Å². The fourth-order valence-electron chi connectivity index (χ4n) is 3.26. The van der Waals surface area contributed by atoms with Crippen molar-refractivity contribution in [3.8, 4) is 22.6 Å². The van der Waals surface area contributed by atoms with Gasteiger partial charge in [-0.1, -0.05) is 66.7 Å². The van der Waals surface area contributed by atoms with Crippen LogP contribution in [0.2, 0.25) is 0 Å². The van der Waals surface area contributed by atoms with Crippen LogP contribution in [-0.2, 0) is 4.74 Å². The minimum absolute atomic E-state index is 0.0842. The van der Waals surface area contributed by atoms with E-state index in [-0.39, 0.29) is 12.5 Å². The van der Waals surface area contributed by atoms with Gasteiger partial charge in [0.1, 0.15) is 0 Å². The first-order chi connectivity index (χ1) is 12.3. The van der Waals surface area contributed by atoms with Crippen LogP contribution in [0, 0.1) is 0 Å². The summed E-state index contributed by atoms with van der Waals surface area (Å²) in [4.78, 5) is 0. The van der Waals surface area contributed by atoms with Gasteiger partial charge in [0.05, 0.1) is 0 Å². The Bertz CT molecular complexity index is 1050. The van der Waals surface area contributed by atoms with Crippen molar-refractivity contribution in [1.29, 1.82) is 0 Å². The summed E-state index contributed by atoms with van der Waals surface area (Å²) in [6.07, 6.45) is 0. The summed E-state index contributed by atoms with van der Waals surface area (Å²) in [7, 11) is 1.56. The Balaban J connectivity index is 2.07. The second-order valence-corrected chi connectivity index (χ2v) is 5.90. The van der Waals surface area contributed by atoms with Crippen molar-refractivity contribution in [2.24, 2.45) is 0 Å². The quantitative estimate of drug-likeness (QED) is 0.513. The SMILES string of the molecule is COCOc1cc2ccccc2c(-c2cccc3ccccc23)c1O. The Morgan fingerprint density at radius 2 is 1.48 bits per heavy atom. The Labute approximate surface area is 146 Å². The van der Waals surface area contributed by atoms with Crippen molar-refractivity contribution < 1.29 is 14.6 Å². The molecule has 124 valence electrons. The van der Waals surface area contributed by atoms with E-state index in [2.05, 4.69) is 18.2 Å². The number of hydrogen-bond donors (Lipinski definition) is 1. The summed E-state index contributed by atoms with van der Waals surface area (Å²) in [5.74, 6) is 0.551. The van der Waals surface area contributed by atoms with Gasteiger partial charge in [0.15, 0.2) is 18.3 Å². The maximum Gasteiger partial charge on any atom is 0.188 e. The third kappa shape index (κ3) is 2.69.